The molecule has 9 nitrogen and oxygen atoms in total. The largest absolute Gasteiger partial charge is 0.467 e. The van der Waals surface area contributed by atoms with Crippen molar-refractivity contribution in [3.8, 4) is 11.8 Å². The average molecular weight is 417 g/mol. The molecule has 0 radical (unpaired) electrons. The fraction of sp³-hybridized carbons (Fsp3) is 0.0455. The Balaban J connectivity index is 1.62. The molecule has 0 spiro atoms. The number of nitrogens with zero attached hydrogens (tertiary/aromatic N) is 2. The molecule has 0 saturated heterocycles. The molecule has 2 aromatic carbocycles. The van der Waals surface area contributed by atoms with Crippen LogP contribution in [0.4, 0.5) is 5.69 Å². The first-order valence-corrected chi connectivity index (χ1v) is 8.95. The van der Waals surface area contributed by atoms with Crippen molar-refractivity contribution < 1.29 is 23.7 Å². The number of hydrogen-bond donors (Lipinski definition) is 1. The number of benzene rings is 2. The Bertz CT molecular complexity index is 1160. The highest BCUT2D eigenvalue weighted by atomic mass is 16.6. The third-order valence-electron chi connectivity index (χ3n) is 4.08. The van der Waals surface area contributed by atoms with Gasteiger partial charge in [-0.1, -0.05) is 12.1 Å². The molecule has 3 rings (SSSR count). The lowest BCUT2D eigenvalue weighted by Gasteiger charge is -2.05. The summed E-state index contributed by atoms with van der Waals surface area (Å²) in [5.41, 5.74) is 0.491. The zero-order chi connectivity index (χ0) is 22.2. The van der Waals surface area contributed by atoms with Gasteiger partial charge in [-0.05, 0) is 48.0 Å². The fourth-order valence-electron chi connectivity index (χ4n) is 2.51. The fourth-order valence-corrected chi connectivity index (χ4v) is 2.51. The third-order valence-corrected chi connectivity index (χ3v) is 4.08. The maximum absolute atomic E-state index is 12.2. The first kappa shape index (κ1) is 21.0. The van der Waals surface area contributed by atoms with Crippen molar-refractivity contribution in [3.05, 3.63) is 99.5 Å². The van der Waals surface area contributed by atoms with Gasteiger partial charge in [-0.25, -0.2) is 4.79 Å². The van der Waals surface area contributed by atoms with Crippen LogP contribution in [-0.4, -0.2) is 16.8 Å². The van der Waals surface area contributed by atoms with Crippen LogP contribution in [0.3, 0.4) is 0 Å². The van der Waals surface area contributed by atoms with Crippen molar-refractivity contribution in [1.29, 1.82) is 5.26 Å². The Labute approximate surface area is 176 Å². The van der Waals surface area contributed by atoms with Crippen molar-refractivity contribution in [2.24, 2.45) is 0 Å². The molecule has 31 heavy (non-hydrogen) atoms. The standard InChI is InChI=1S/C22H15N3O6/c23-13-17(21(26)24-14-20-2-1-11-30-20)12-15-3-9-19(10-4-15)31-22(27)16-5-7-18(8-6-16)25(28)29/h1-12H,14H2,(H,24,26)/b17-12+. The lowest BCUT2D eigenvalue weighted by Crippen LogP contribution is -2.23. The SMILES string of the molecule is N#C/C(=C\c1ccc(OC(=O)c2ccc([N+](=O)[O-])cc2)cc1)C(=O)NCc1ccco1. The van der Waals surface area contributed by atoms with Crippen LogP contribution in [0.5, 0.6) is 5.75 Å². The van der Waals surface area contributed by atoms with E-state index in [1.165, 1.54) is 48.7 Å². The Kier molecular flexibility index (Phi) is 6.55. The smallest absolute Gasteiger partial charge is 0.343 e. The van der Waals surface area contributed by atoms with Gasteiger partial charge in [0.2, 0.25) is 0 Å². The summed E-state index contributed by atoms with van der Waals surface area (Å²) in [6.45, 7) is 0.155. The molecule has 0 saturated carbocycles. The van der Waals surface area contributed by atoms with E-state index in [0.717, 1.165) is 0 Å². The molecule has 1 heterocycles. The van der Waals surface area contributed by atoms with E-state index in [1.54, 1.807) is 24.3 Å². The molecule has 0 fully saturated rings. The zero-order valence-electron chi connectivity index (χ0n) is 16.0. The van der Waals surface area contributed by atoms with Gasteiger partial charge in [-0.15, -0.1) is 0 Å². The summed E-state index contributed by atoms with van der Waals surface area (Å²) < 4.78 is 10.4. The van der Waals surface area contributed by atoms with Crippen molar-refractivity contribution in [2.75, 3.05) is 0 Å². The van der Waals surface area contributed by atoms with Crippen LogP contribution in [0.2, 0.25) is 0 Å². The van der Waals surface area contributed by atoms with E-state index in [9.17, 15) is 25.0 Å². The minimum Gasteiger partial charge on any atom is -0.467 e. The number of nitro groups is 1. The summed E-state index contributed by atoms with van der Waals surface area (Å²) in [4.78, 5) is 34.4. The van der Waals surface area contributed by atoms with Crippen LogP contribution in [-0.2, 0) is 11.3 Å². The quantitative estimate of drug-likeness (QED) is 0.155. The number of nitrogens with one attached hydrogen (secondary N) is 1. The van der Waals surface area contributed by atoms with Crippen molar-refractivity contribution >= 4 is 23.6 Å². The number of carbonyl (C=O) groups is 2. The Morgan fingerprint density at radius 2 is 1.84 bits per heavy atom. The first-order valence-electron chi connectivity index (χ1n) is 8.95. The maximum atomic E-state index is 12.2. The monoisotopic (exact) mass is 417 g/mol. The first-order chi connectivity index (χ1) is 15.0. The summed E-state index contributed by atoms with van der Waals surface area (Å²) >= 11 is 0. The molecule has 0 atom stereocenters. The van der Waals surface area contributed by atoms with Gasteiger partial charge in [0.15, 0.2) is 0 Å². The van der Waals surface area contributed by atoms with Crippen LogP contribution in [0.25, 0.3) is 6.08 Å². The van der Waals surface area contributed by atoms with Gasteiger partial charge in [-0.3, -0.25) is 14.9 Å². The summed E-state index contributed by atoms with van der Waals surface area (Å²) in [6, 6.07) is 16.4. The van der Waals surface area contributed by atoms with E-state index in [-0.39, 0.29) is 29.1 Å². The van der Waals surface area contributed by atoms with Gasteiger partial charge < -0.3 is 14.5 Å². The Hall–Kier alpha value is -4.71. The average Bonchev–Trinajstić information content (AvgIpc) is 3.30. The predicted octanol–water partition coefficient (Wildman–Crippen LogP) is 3.63. The van der Waals surface area contributed by atoms with Crippen molar-refractivity contribution in [2.45, 2.75) is 6.54 Å². The van der Waals surface area contributed by atoms with Crippen LogP contribution in [0.15, 0.2) is 76.9 Å². The zero-order valence-corrected chi connectivity index (χ0v) is 16.0. The number of furan rings is 1. The van der Waals surface area contributed by atoms with Crippen LogP contribution >= 0.6 is 0 Å². The molecule has 0 aliphatic heterocycles. The number of amides is 1. The van der Waals surface area contributed by atoms with E-state index in [0.29, 0.717) is 11.3 Å². The number of nitriles is 1. The van der Waals surface area contributed by atoms with E-state index in [2.05, 4.69) is 5.32 Å². The van der Waals surface area contributed by atoms with Crippen LogP contribution in [0.1, 0.15) is 21.7 Å². The summed E-state index contributed by atoms with van der Waals surface area (Å²) in [7, 11) is 0. The molecule has 3 aromatic rings. The predicted molar refractivity (Wildman–Crippen MR) is 109 cm³/mol. The number of esters is 1. The summed E-state index contributed by atoms with van der Waals surface area (Å²) in [6.07, 6.45) is 2.89. The van der Waals surface area contributed by atoms with Gasteiger partial charge in [-0.2, -0.15) is 5.26 Å². The van der Waals surface area contributed by atoms with Gasteiger partial charge >= 0.3 is 5.97 Å². The molecule has 0 unspecified atom stereocenters. The summed E-state index contributed by atoms with van der Waals surface area (Å²) in [5.74, 6) is -0.424. The highest BCUT2D eigenvalue weighted by Gasteiger charge is 2.12. The Morgan fingerprint density at radius 1 is 1.13 bits per heavy atom. The highest BCUT2D eigenvalue weighted by Crippen LogP contribution is 2.18. The summed E-state index contributed by atoms with van der Waals surface area (Å²) in [5, 5.41) is 22.5. The van der Waals surface area contributed by atoms with Crippen molar-refractivity contribution in [3.63, 3.8) is 0 Å². The lowest BCUT2D eigenvalue weighted by molar-refractivity contribution is -0.384. The molecule has 0 bridgehead atoms. The van der Waals surface area contributed by atoms with Gasteiger partial charge in [0.25, 0.3) is 11.6 Å². The number of ether oxygens (including phenoxy) is 1. The number of carbonyl (C=O) groups excluding carboxylic acids is 2. The normalized spacial score (nSPS) is 10.7. The second-order valence-electron chi connectivity index (χ2n) is 6.19. The second kappa shape index (κ2) is 9.67. The van der Waals surface area contributed by atoms with E-state index in [1.807, 2.05) is 6.07 Å². The molecule has 1 N–H and O–H groups in total. The van der Waals surface area contributed by atoms with Crippen molar-refractivity contribution in [1.82, 2.24) is 5.32 Å². The molecule has 0 aliphatic rings. The van der Waals surface area contributed by atoms with Gasteiger partial charge in [0.1, 0.15) is 23.2 Å². The number of hydrogen-bond acceptors (Lipinski definition) is 7. The molecule has 154 valence electrons. The molecular weight excluding hydrogens is 402 g/mol. The molecule has 0 aliphatic carbocycles. The minimum absolute atomic E-state index is 0.0952. The molecule has 9 heteroatoms. The van der Waals surface area contributed by atoms with E-state index >= 15 is 0 Å². The molecule has 1 amide bonds. The molecular formula is C22H15N3O6. The van der Waals surface area contributed by atoms with E-state index in [4.69, 9.17) is 9.15 Å². The van der Waals surface area contributed by atoms with Crippen LogP contribution < -0.4 is 10.1 Å². The number of rotatable bonds is 7. The number of non-ortho nitro benzene ring substituents is 1. The lowest BCUT2D eigenvalue weighted by atomic mass is 10.1. The second-order valence-corrected chi connectivity index (χ2v) is 6.19. The maximum Gasteiger partial charge on any atom is 0.343 e. The third kappa shape index (κ3) is 5.65. The van der Waals surface area contributed by atoms with Gasteiger partial charge in [0, 0.05) is 12.1 Å². The van der Waals surface area contributed by atoms with Crippen LogP contribution in [0, 0.1) is 21.4 Å². The molecule has 1 aromatic heterocycles. The number of nitro benzene ring substituents is 1. The van der Waals surface area contributed by atoms with E-state index < -0.39 is 16.8 Å². The minimum atomic E-state index is -0.673. The topological polar surface area (TPSA) is 135 Å². The highest BCUT2D eigenvalue weighted by molar-refractivity contribution is 6.01. The Morgan fingerprint density at radius 3 is 2.42 bits per heavy atom. The van der Waals surface area contributed by atoms with Gasteiger partial charge in [0.05, 0.1) is 23.3 Å².